The molecule has 1 N–H and O–H groups in total. The van der Waals surface area contributed by atoms with Crippen LogP contribution in [-0.2, 0) is 0 Å². The van der Waals surface area contributed by atoms with Gasteiger partial charge in [0.1, 0.15) is 5.75 Å². The Morgan fingerprint density at radius 2 is 1.68 bits per heavy atom. The molecule has 0 bridgehead atoms. The van der Waals surface area contributed by atoms with Gasteiger partial charge in [0.2, 0.25) is 0 Å². The molecule has 0 saturated heterocycles. The zero-order chi connectivity index (χ0) is 15.1. The highest BCUT2D eigenvalue weighted by molar-refractivity contribution is 6.14. The number of hydrogen-bond donors (Lipinski definition) is 1. The minimum atomic E-state index is 0.953. The Kier molecular flexibility index (Phi) is 2.90. The van der Waals surface area contributed by atoms with Crippen molar-refractivity contribution in [3.8, 4) is 16.9 Å². The number of hydrogen-bond acceptors (Lipinski definition) is 1. The van der Waals surface area contributed by atoms with Crippen LogP contribution in [-0.4, -0.2) is 12.1 Å². The summed E-state index contributed by atoms with van der Waals surface area (Å²) in [5.74, 6) is 0.953. The molecule has 22 heavy (non-hydrogen) atoms. The normalized spacial score (nSPS) is 11.2. The van der Waals surface area contributed by atoms with Crippen molar-refractivity contribution in [2.24, 2.45) is 0 Å². The maximum absolute atomic E-state index is 5.65. The minimum Gasteiger partial charge on any atom is -0.496 e. The Bertz CT molecular complexity index is 967. The number of fused-ring (bicyclic) bond motifs is 3. The summed E-state index contributed by atoms with van der Waals surface area (Å²) < 4.78 is 5.65. The SMILES string of the molecule is COc1c(C)ccc2[nH]c3c(-c4ccccc4)cccc3c12. The van der Waals surface area contributed by atoms with E-state index in [1.807, 2.05) is 6.07 Å². The van der Waals surface area contributed by atoms with Crippen LogP contribution in [0.15, 0.2) is 60.7 Å². The van der Waals surface area contributed by atoms with Gasteiger partial charge in [0.25, 0.3) is 0 Å². The molecule has 0 aliphatic heterocycles. The van der Waals surface area contributed by atoms with Gasteiger partial charge < -0.3 is 9.72 Å². The van der Waals surface area contributed by atoms with Gasteiger partial charge in [-0.1, -0.05) is 54.6 Å². The summed E-state index contributed by atoms with van der Waals surface area (Å²) >= 11 is 0. The number of rotatable bonds is 2. The molecule has 0 saturated carbocycles. The molecule has 4 aromatic rings. The molecule has 0 aliphatic carbocycles. The molecular weight excluding hydrogens is 270 g/mol. The molecule has 0 radical (unpaired) electrons. The molecule has 0 fully saturated rings. The van der Waals surface area contributed by atoms with Crippen LogP contribution in [0.25, 0.3) is 32.9 Å². The molecule has 0 unspecified atom stereocenters. The summed E-state index contributed by atoms with van der Waals surface area (Å²) in [5, 5.41) is 2.37. The third kappa shape index (κ3) is 1.81. The van der Waals surface area contributed by atoms with Crippen molar-refractivity contribution in [3.63, 3.8) is 0 Å². The first-order valence-corrected chi connectivity index (χ1v) is 7.43. The molecule has 4 rings (SSSR count). The lowest BCUT2D eigenvalue weighted by Gasteiger charge is -2.06. The molecule has 3 aromatic carbocycles. The molecule has 2 heteroatoms. The van der Waals surface area contributed by atoms with Crippen LogP contribution in [0, 0.1) is 6.92 Å². The Hall–Kier alpha value is -2.74. The fourth-order valence-electron chi connectivity index (χ4n) is 3.21. The number of H-pyrrole nitrogens is 1. The fourth-order valence-corrected chi connectivity index (χ4v) is 3.21. The van der Waals surface area contributed by atoms with Gasteiger partial charge >= 0.3 is 0 Å². The van der Waals surface area contributed by atoms with E-state index in [0.717, 1.165) is 27.7 Å². The number of nitrogens with one attached hydrogen (secondary N) is 1. The molecule has 1 aromatic heterocycles. The van der Waals surface area contributed by atoms with Crippen LogP contribution < -0.4 is 4.74 Å². The van der Waals surface area contributed by atoms with Gasteiger partial charge in [0.05, 0.1) is 18.1 Å². The van der Waals surface area contributed by atoms with Crippen LogP contribution >= 0.6 is 0 Å². The van der Waals surface area contributed by atoms with E-state index in [0.29, 0.717) is 0 Å². The maximum Gasteiger partial charge on any atom is 0.131 e. The summed E-state index contributed by atoms with van der Waals surface area (Å²) in [6.07, 6.45) is 0. The first kappa shape index (κ1) is 13.0. The predicted molar refractivity (Wildman–Crippen MR) is 92.5 cm³/mol. The van der Waals surface area contributed by atoms with E-state index >= 15 is 0 Å². The van der Waals surface area contributed by atoms with Crippen LogP contribution in [0.1, 0.15) is 5.56 Å². The maximum atomic E-state index is 5.65. The van der Waals surface area contributed by atoms with E-state index in [1.165, 1.54) is 16.5 Å². The molecule has 0 atom stereocenters. The lowest BCUT2D eigenvalue weighted by atomic mass is 10.0. The Morgan fingerprint density at radius 1 is 0.864 bits per heavy atom. The molecule has 0 amide bonds. The molecule has 1 heterocycles. The second kappa shape index (κ2) is 4.92. The monoisotopic (exact) mass is 287 g/mol. The van der Waals surface area contributed by atoms with Crippen molar-refractivity contribution in [2.75, 3.05) is 7.11 Å². The number of aryl methyl sites for hydroxylation is 1. The fraction of sp³-hybridized carbons (Fsp3) is 0.100. The first-order valence-electron chi connectivity index (χ1n) is 7.43. The van der Waals surface area contributed by atoms with Crippen molar-refractivity contribution in [1.82, 2.24) is 4.98 Å². The van der Waals surface area contributed by atoms with Crippen LogP contribution in [0.2, 0.25) is 0 Å². The number of para-hydroxylation sites is 1. The van der Waals surface area contributed by atoms with Gasteiger partial charge in [-0.15, -0.1) is 0 Å². The summed E-state index contributed by atoms with van der Waals surface area (Å²) in [5.41, 5.74) is 5.86. The molecule has 108 valence electrons. The average molecular weight is 287 g/mol. The van der Waals surface area contributed by atoms with E-state index in [4.69, 9.17) is 4.74 Å². The average Bonchev–Trinajstić information content (AvgIpc) is 2.94. The number of ether oxygens (including phenoxy) is 1. The quantitative estimate of drug-likeness (QED) is 0.531. The highest BCUT2D eigenvalue weighted by Crippen LogP contribution is 2.38. The molecule has 0 aliphatic rings. The van der Waals surface area contributed by atoms with Gasteiger partial charge in [0.15, 0.2) is 0 Å². The molecule has 0 spiro atoms. The summed E-state index contributed by atoms with van der Waals surface area (Å²) in [6.45, 7) is 2.08. The number of benzene rings is 3. The summed E-state index contributed by atoms with van der Waals surface area (Å²) in [7, 11) is 1.74. The third-order valence-corrected chi connectivity index (χ3v) is 4.24. The Morgan fingerprint density at radius 3 is 2.45 bits per heavy atom. The highest BCUT2D eigenvalue weighted by atomic mass is 16.5. The van der Waals surface area contributed by atoms with E-state index in [1.54, 1.807) is 7.11 Å². The number of methoxy groups -OCH3 is 1. The van der Waals surface area contributed by atoms with Gasteiger partial charge in [-0.2, -0.15) is 0 Å². The van der Waals surface area contributed by atoms with Crippen LogP contribution in [0.5, 0.6) is 5.75 Å². The Balaban J connectivity index is 2.13. The van der Waals surface area contributed by atoms with E-state index in [2.05, 4.69) is 66.5 Å². The Labute approximate surface area is 129 Å². The minimum absolute atomic E-state index is 0.953. The smallest absolute Gasteiger partial charge is 0.131 e. The lowest BCUT2D eigenvalue weighted by molar-refractivity contribution is 0.417. The topological polar surface area (TPSA) is 25.0 Å². The first-order chi connectivity index (χ1) is 10.8. The van der Waals surface area contributed by atoms with Crippen molar-refractivity contribution in [1.29, 1.82) is 0 Å². The molecule has 2 nitrogen and oxygen atoms in total. The standard InChI is InChI=1S/C20H17NO/c1-13-11-12-17-18(20(13)22-2)16-10-6-9-15(19(16)21-17)14-7-4-3-5-8-14/h3-12,21H,1-2H3. The second-order valence-corrected chi connectivity index (χ2v) is 5.56. The lowest BCUT2D eigenvalue weighted by Crippen LogP contribution is -1.87. The predicted octanol–water partition coefficient (Wildman–Crippen LogP) is 5.31. The summed E-state index contributed by atoms with van der Waals surface area (Å²) in [6, 6.07) is 21.1. The van der Waals surface area contributed by atoms with E-state index in [9.17, 15) is 0 Å². The highest BCUT2D eigenvalue weighted by Gasteiger charge is 2.14. The molecular formula is C20H17NO. The van der Waals surface area contributed by atoms with Crippen molar-refractivity contribution in [3.05, 3.63) is 66.2 Å². The zero-order valence-corrected chi connectivity index (χ0v) is 12.7. The number of aromatic amines is 1. The number of aromatic nitrogens is 1. The van der Waals surface area contributed by atoms with Crippen LogP contribution in [0.3, 0.4) is 0 Å². The third-order valence-electron chi connectivity index (χ3n) is 4.24. The van der Waals surface area contributed by atoms with E-state index in [-0.39, 0.29) is 0 Å². The van der Waals surface area contributed by atoms with Crippen LogP contribution in [0.4, 0.5) is 0 Å². The van der Waals surface area contributed by atoms with Gasteiger partial charge in [-0.3, -0.25) is 0 Å². The van der Waals surface area contributed by atoms with Gasteiger partial charge in [0, 0.05) is 16.3 Å². The zero-order valence-electron chi connectivity index (χ0n) is 12.7. The van der Waals surface area contributed by atoms with Crippen molar-refractivity contribution < 1.29 is 4.74 Å². The van der Waals surface area contributed by atoms with Gasteiger partial charge in [-0.25, -0.2) is 0 Å². The van der Waals surface area contributed by atoms with Crippen molar-refractivity contribution in [2.45, 2.75) is 6.92 Å². The van der Waals surface area contributed by atoms with Gasteiger partial charge in [-0.05, 0) is 24.1 Å². The summed E-state index contributed by atoms with van der Waals surface area (Å²) in [4.78, 5) is 3.57. The second-order valence-electron chi connectivity index (χ2n) is 5.56. The van der Waals surface area contributed by atoms with E-state index < -0.39 is 0 Å². The van der Waals surface area contributed by atoms with Crippen molar-refractivity contribution >= 4 is 21.8 Å². The largest absolute Gasteiger partial charge is 0.496 e.